The standard InChI is InChI=1S/C12H14.C8H10.C7H12O2.C6H13N.C5H10.C4H10/c1-4-10(2)9-12-7-5-11(3)6-8-12;1-7-5-3-4-6-8(7)2;8-7(9)6-4-2-1-3-5-6;1-3-5-6(7)4-2;1-4-5(2)3;1-4(2)3/h5-8H,1,9H2,2-3H3;3-6H,1-2H3;6H,1-5H2,(H,8,9);5H,3-4,7H2,1-2H3;2,4H2,1,3H3;4H,1-3H3. The van der Waals surface area contributed by atoms with Gasteiger partial charge in [-0.25, -0.2) is 0 Å². The maximum Gasteiger partial charge on any atom is 0.306 e. The number of aliphatic carboxylic acids is 1. The number of carbonyl (C=O) groups is 1. The van der Waals surface area contributed by atoms with E-state index in [9.17, 15) is 4.79 Å². The third kappa shape index (κ3) is 33.4. The van der Waals surface area contributed by atoms with Crippen molar-refractivity contribution >= 4 is 5.97 Å². The Hall–Kier alpha value is -3.29. The highest BCUT2D eigenvalue weighted by atomic mass is 16.4. The Bertz CT molecular complexity index is 1070. The molecule has 3 N–H and O–H groups in total. The summed E-state index contributed by atoms with van der Waals surface area (Å²) in [6.07, 6.45) is 11.4. The van der Waals surface area contributed by atoms with Gasteiger partial charge in [-0.3, -0.25) is 4.79 Å². The zero-order chi connectivity index (χ0) is 35.2. The molecule has 254 valence electrons. The van der Waals surface area contributed by atoms with Gasteiger partial charge in [-0.05, 0) is 94.9 Å². The highest BCUT2D eigenvalue weighted by Gasteiger charge is 2.19. The fraction of sp³-hybridized carbons (Fsp3) is 0.524. The summed E-state index contributed by atoms with van der Waals surface area (Å²) in [5.41, 5.74) is 17.2. The molecule has 0 heterocycles. The van der Waals surface area contributed by atoms with Gasteiger partial charge in [-0.1, -0.05) is 133 Å². The number of nitrogens with two attached hydrogens (primary N) is 1. The molecule has 2 aromatic rings. The van der Waals surface area contributed by atoms with E-state index >= 15 is 0 Å². The van der Waals surface area contributed by atoms with Crippen LogP contribution < -0.4 is 5.73 Å². The molecule has 45 heavy (non-hydrogen) atoms. The third-order valence-electron chi connectivity index (χ3n) is 6.75. The van der Waals surface area contributed by atoms with Crippen molar-refractivity contribution in [2.45, 2.75) is 134 Å². The van der Waals surface area contributed by atoms with Crippen molar-refractivity contribution in [1.29, 1.82) is 0 Å². The van der Waals surface area contributed by atoms with E-state index in [1.165, 1.54) is 39.8 Å². The van der Waals surface area contributed by atoms with E-state index in [-0.39, 0.29) is 5.92 Å². The normalized spacial score (nSPS) is 12.0. The van der Waals surface area contributed by atoms with E-state index < -0.39 is 5.97 Å². The summed E-state index contributed by atoms with van der Waals surface area (Å²) in [5.74, 6) is 0.202. The number of aryl methyl sites for hydroxylation is 3. The number of benzene rings is 2. The Kier molecular flexibility index (Phi) is 31.5. The lowest BCUT2D eigenvalue weighted by Crippen LogP contribution is -2.16. The number of allylic oxidation sites excluding steroid dienone is 4. The smallest absolute Gasteiger partial charge is 0.306 e. The van der Waals surface area contributed by atoms with Gasteiger partial charge in [0.2, 0.25) is 0 Å². The Morgan fingerprint density at radius 2 is 1.36 bits per heavy atom. The topological polar surface area (TPSA) is 63.3 Å². The summed E-state index contributed by atoms with van der Waals surface area (Å²) in [4.78, 5) is 10.4. The van der Waals surface area contributed by atoms with Gasteiger partial charge in [0.15, 0.2) is 0 Å². The van der Waals surface area contributed by atoms with Gasteiger partial charge in [-0.15, -0.1) is 12.3 Å². The molecule has 3 heteroatoms. The average Bonchev–Trinajstić information content (AvgIpc) is 3.01. The van der Waals surface area contributed by atoms with Gasteiger partial charge in [0.25, 0.3) is 0 Å². The molecule has 0 amide bonds. The number of rotatable bonds is 6. The monoisotopic (exact) mass is 620 g/mol. The van der Waals surface area contributed by atoms with Crippen LogP contribution in [0, 0.1) is 32.6 Å². The molecule has 0 spiro atoms. The van der Waals surface area contributed by atoms with Crippen LogP contribution in [-0.4, -0.2) is 11.1 Å². The second-order valence-corrected chi connectivity index (χ2v) is 12.5. The molecule has 0 aliphatic heterocycles. The van der Waals surface area contributed by atoms with Crippen molar-refractivity contribution in [3.8, 4) is 0 Å². The SMILES string of the molecule is C=C(C)CC.C=C=C(C)Cc1ccc(C)cc1.CC(C)C.CCC=C(N)CC.Cc1ccccc1C.O=C(O)C1CCCCC1. The second kappa shape index (κ2) is 30.7. The van der Waals surface area contributed by atoms with Gasteiger partial charge < -0.3 is 10.8 Å². The fourth-order valence-corrected chi connectivity index (χ4v) is 3.49. The molecule has 0 aromatic heterocycles. The van der Waals surface area contributed by atoms with Crippen LogP contribution in [0.1, 0.15) is 129 Å². The van der Waals surface area contributed by atoms with E-state index in [0.29, 0.717) is 0 Å². The van der Waals surface area contributed by atoms with E-state index in [1.807, 2.05) is 19.9 Å². The molecular formula is C42H69NO2. The predicted molar refractivity (Wildman–Crippen MR) is 202 cm³/mol. The molecule has 0 unspecified atom stereocenters. The Balaban J connectivity index is -0.000000488. The number of carboxylic acid groups (broad SMARTS) is 1. The Morgan fingerprint density at radius 3 is 1.62 bits per heavy atom. The first-order chi connectivity index (χ1) is 21.1. The summed E-state index contributed by atoms with van der Waals surface area (Å²) in [7, 11) is 0. The molecule has 0 radical (unpaired) electrons. The van der Waals surface area contributed by atoms with Crippen molar-refractivity contribution in [2.75, 3.05) is 0 Å². The predicted octanol–water partition coefficient (Wildman–Crippen LogP) is 12.5. The van der Waals surface area contributed by atoms with Gasteiger partial charge in [0.1, 0.15) is 0 Å². The molecule has 0 saturated heterocycles. The maximum absolute atomic E-state index is 10.4. The first-order valence-electron chi connectivity index (χ1n) is 16.9. The Labute approximate surface area is 279 Å². The van der Waals surface area contributed by atoms with Crippen LogP contribution in [0.3, 0.4) is 0 Å². The van der Waals surface area contributed by atoms with Crippen LogP contribution >= 0.6 is 0 Å². The molecule has 0 atom stereocenters. The second-order valence-electron chi connectivity index (χ2n) is 12.5. The number of carboxylic acids is 1. The van der Waals surface area contributed by atoms with Crippen molar-refractivity contribution in [3.05, 3.63) is 113 Å². The minimum Gasteiger partial charge on any atom is -0.481 e. The van der Waals surface area contributed by atoms with Crippen molar-refractivity contribution in [3.63, 3.8) is 0 Å². The lowest BCUT2D eigenvalue weighted by atomic mass is 9.90. The first-order valence-corrected chi connectivity index (χ1v) is 16.9. The fourth-order valence-electron chi connectivity index (χ4n) is 3.49. The van der Waals surface area contributed by atoms with E-state index in [1.54, 1.807) is 0 Å². The zero-order valence-corrected chi connectivity index (χ0v) is 31.1. The van der Waals surface area contributed by atoms with Gasteiger partial charge in [-0.2, -0.15) is 0 Å². The zero-order valence-electron chi connectivity index (χ0n) is 31.1. The molecule has 1 aliphatic rings. The van der Waals surface area contributed by atoms with Crippen LogP contribution in [0.25, 0.3) is 0 Å². The minimum absolute atomic E-state index is 0.0289. The molecule has 1 saturated carbocycles. The third-order valence-corrected chi connectivity index (χ3v) is 6.75. The molecule has 3 nitrogen and oxygen atoms in total. The van der Waals surface area contributed by atoms with Gasteiger partial charge in [0, 0.05) is 12.1 Å². The number of hydrogen-bond donors (Lipinski definition) is 2. The lowest BCUT2D eigenvalue weighted by Gasteiger charge is -2.16. The van der Waals surface area contributed by atoms with Crippen LogP contribution in [0.5, 0.6) is 0 Å². The van der Waals surface area contributed by atoms with Gasteiger partial charge >= 0.3 is 5.97 Å². The minimum atomic E-state index is -0.602. The molecule has 2 aromatic carbocycles. The maximum atomic E-state index is 10.4. The van der Waals surface area contributed by atoms with Crippen molar-refractivity contribution < 1.29 is 9.90 Å². The largest absolute Gasteiger partial charge is 0.481 e. The molecule has 3 rings (SSSR count). The summed E-state index contributed by atoms with van der Waals surface area (Å²) in [6.45, 7) is 30.4. The molecule has 1 aliphatic carbocycles. The molecular weight excluding hydrogens is 550 g/mol. The van der Waals surface area contributed by atoms with Crippen LogP contribution in [0.15, 0.2) is 90.3 Å². The highest BCUT2D eigenvalue weighted by molar-refractivity contribution is 5.69. The van der Waals surface area contributed by atoms with E-state index in [4.69, 9.17) is 10.8 Å². The lowest BCUT2D eigenvalue weighted by molar-refractivity contribution is -0.142. The van der Waals surface area contributed by atoms with E-state index in [0.717, 1.165) is 63.0 Å². The summed E-state index contributed by atoms with van der Waals surface area (Å²) in [6, 6.07) is 16.9. The molecule has 0 bridgehead atoms. The Morgan fingerprint density at radius 1 is 0.911 bits per heavy atom. The summed E-state index contributed by atoms with van der Waals surface area (Å²) >= 11 is 0. The van der Waals surface area contributed by atoms with Crippen LogP contribution in [0.4, 0.5) is 0 Å². The first kappa shape index (κ1) is 46.1. The quantitative estimate of drug-likeness (QED) is 0.250. The highest BCUT2D eigenvalue weighted by Crippen LogP contribution is 2.23. The van der Waals surface area contributed by atoms with Crippen molar-refractivity contribution in [2.24, 2.45) is 17.6 Å². The van der Waals surface area contributed by atoms with Crippen LogP contribution in [0.2, 0.25) is 0 Å². The van der Waals surface area contributed by atoms with E-state index in [2.05, 4.69) is 130 Å². The average molecular weight is 620 g/mol. The summed E-state index contributed by atoms with van der Waals surface area (Å²) < 4.78 is 0. The summed E-state index contributed by atoms with van der Waals surface area (Å²) in [5, 5.41) is 8.54. The van der Waals surface area contributed by atoms with Gasteiger partial charge in [0.05, 0.1) is 5.92 Å². The number of hydrogen-bond acceptors (Lipinski definition) is 2. The van der Waals surface area contributed by atoms with Crippen molar-refractivity contribution in [1.82, 2.24) is 0 Å². The van der Waals surface area contributed by atoms with Crippen LogP contribution in [-0.2, 0) is 11.2 Å². The molecule has 1 fully saturated rings.